The van der Waals surface area contributed by atoms with E-state index in [1.165, 1.54) is 32.6 Å². The van der Waals surface area contributed by atoms with E-state index in [-0.39, 0.29) is 5.78 Å². The molecule has 4 heteroatoms. The fourth-order valence-electron chi connectivity index (χ4n) is 7.24. The second-order valence-electron chi connectivity index (χ2n) is 11.3. The maximum Gasteiger partial charge on any atom is 0.195 e. The predicted octanol–water partition coefficient (Wildman–Crippen LogP) is 10.3. The highest BCUT2D eigenvalue weighted by Gasteiger charge is 2.34. The summed E-state index contributed by atoms with van der Waals surface area (Å²) in [5.74, 6) is 0.128. The van der Waals surface area contributed by atoms with E-state index in [0.29, 0.717) is 0 Å². The van der Waals surface area contributed by atoms with Gasteiger partial charge < -0.3 is 9.13 Å². The Hall–Kier alpha value is -5.45. The number of rotatable bonds is 2. The normalized spacial score (nSPS) is 12.7. The van der Waals surface area contributed by atoms with Gasteiger partial charge in [-0.15, -0.1) is 11.3 Å². The summed E-state index contributed by atoms with van der Waals surface area (Å²) in [5.41, 5.74) is 10.7. The first-order valence-electron chi connectivity index (χ1n) is 14.5. The van der Waals surface area contributed by atoms with E-state index in [0.717, 1.165) is 54.4 Å². The van der Waals surface area contributed by atoms with Gasteiger partial charge in [-0.25, -0.2) is 0 Å². The number of thiophene rings is 1. The van der Waals surface area contributed by atoms with Crippen LogP contribution in [0.5, 0.6) is 0 Å². The van der Waals surface area contributed by atoms with Gasteiger partial charge >= 0.3 is 0 Å². The van der Waals surface area contributed by atoms with Crippen molar-refractivity contribution >= 4 is 60.7 Å². The van der Waals surface area contributed by atoms with Crippen molar-refractivity contribution in [3.8, 4) is 32.3 Å². The highest BCUT2D eigenvalue weighted by atomic mass is 32.1. The van der Waals surface area contributed by atoms with Crippen LogP contribution in [0, 0.1) is 0 Å². The Labute approximate surface area is 250 Å². The number of ketones is 1. The molecule has 3 heterocycles. The number of hydrogen-bond donors (Lipinski definition) is 0. The molecular formula is C39H22N2OS. The van der Waals surface area contributed by atoms with E-state index in [1.807, 2.05) is 18.2 Å². The van der Waals surface area contributed by atoms with Crippen molar-refractivity contribution in [3.63, 3.8) is 0 Å². The molecule has 0 radical (unpaired) electrons. The maximum absolute atomic E-state index is 13.8. The minimum Gasteiger partial charge on any atom is -0.309 e. The molecule has 0 saturated carbocycles. The first kappa shape index (κ1) is 23.1. The van der Waals surface area contributed by atoms with Crippen molar-refractivity contribution in [1.29, 1.82) is 0 Å². The third-order valence-corrected chi connectivity index (χ3v) is 10.2. The third-order valence-electron chi connectivity index (χ3n) is 9.06. The smallest absolute Gasteiger partial charge is 0.195 e. The Morgan fingerprint density at radius 3 is 1.81 bits per heavy atom. The maximum atomic E-state index is 13.8. The van der Waals surface area contributed by atoms with Crippen molar-refractivity contribution in [3.05, 3.63) is 145 Å². The molecule has 43 heavy (non-hydrogen) atoms. The minimum absolute atomic E-state index is 0.128. The molecule has 10 rings (SSSR count). The van der Waals surface area contributed by atoms with Gasteiger partial charge in [0.25, 0.3) is 0 Å². The molecule has 0 saturated heterocycles. The summed E-state index contributed by atoms with van der Waals surface area (Å²) in [6.07, 6.45) is 0. The van der Waals surface area contributed by atoms with Crippen LogP contribution in [0.15, 0.2) is 133 Å². The fraction of sp³-hybridized carbons (Fsp3) is 0. The SMILES string of the molecule is O=C1c2cc(-n3c4ccccc4c4cc(-n5c6ccccc6c6ccccc65)ccc43)sc2-c2cc3cccccc-3c21. The lowest BCUT2D eigenvalue weighted by Crippen LogP contribution is -1.96. The Morgan fingerprint density at radius 2 is 1.07 bits per heavy atom. The molecule has 200 valence electrons. The number of para-hydroxylation sites is 3. The molecule has 4 aromatic carbocycles. The van der Waals surface area contributed by atoms with Crippen LogP contribution in [0.4, 0.5) is 0 Å². The van der Waals surface area contributed by atoms with Crippen LogP contribution >= 0.6 is 11.3 Å². The number of fused-ring (bicyclic) bond motifs is 11. The molecule has 0 unspecified atom stereocenters. The molecular weight excluding hydrogens is 545 g/mol. The lowest BCUT2D eigenvalue weighted by Gasteiger charge is -2.09. The summed E-state index contributed by atoms with van der Waals surface area (Å²) in [4.78, 5) is 14.8. The molecule has 0 spiro atoms. The van der Waals surface area contributed by atoms with Gasteiger partial charge in [-0.2, -0.15) is 0 Å². The van der Waals surface area contributed by atoms with Gasteiger partial charge in [0.05, 0.1) is 22.1 Å². The Morgan fingerprint density at radius 1 is 0.465 bits per heavy atom. The Kier molecular flexibility index (Phi) is 4.47. The first-order valence-corrected chi connectivity index (χ1v) is 15.3. The number of carbonyl (C=O) groups excluding carboxylic acids is 1. The van der Waals surface area contributed by atoms with E-state index in [1.54, 1.807) is 11.3 Å². The number of hydrogen-bond acceptors (Lipinski definition) is 2. The van der Waals surface area contributed by atoms with Crippen LogP contribution in [0.1, 0.15) is 15.9 Å². The van der Waals surface area contributed by atoms with Gasteiger partial charge in [-0.05, 0) is 59.7 Å². The number of nitrogens with zero attached hydrogens (tertiary/aromatic N) is 2. The van der Waals surface area contributed by atoms with Crippen LogP contribution < -0.4 is 0 Å². The average molecular weight is 567 g/mol. The van der Waals surface area contributed by atoms with E-state index >= 15 is 0 Å². The van der Waals surface area contributed by atoms with E-state index in [9.17, 15) is 4.79 Å². The zero-order valence-electron chi connectivity index (χ0n) is 22.9. The van der Waals surface area contributed by atoms with Gasteiger partial charge in [-0.1, -0.05) is 84.9 Å². The van der Waals surface area contributed by atoms with Crippen molar-refractivity contribution in [2.24, 2.45) is 0 Å². The zero-order valence-corrected chi connectivity index (χ0v) is 23.7. The van der Waals surface area contributed by atoms with Gasteiger partial charge in [-0.3, -0.25) is 4.79 Å². The third kappa shape index (κ3) is 3.00. The largest absolute Gasteiger partial charge is 0.309 e. The summed E-state index contributed by atoms with van der Waals surface area (Å²) < 4.78 is 4.70. The van der Waals surface area contributed by atoms with Gasteiger partial charge in [0, 0.05) is 48.8 Å². The molecule has 0 bridgehead atoms. The molecule has 3 aliphatic rings. The average Bonchev–Trinajstić information content (AvgIpc) is 3.80. The second-order valence-corrected chi connectivity index (χ2v) is 12.3. The van der Waals surface area contributed by atoms with Crippen molar-refractivity contribution < 1.29 is 4.79 Å². The lowest BCUT2D eigenvalue weighted by molar-refractivity contribution is 0.104. The van der Waals surface area contributed by atoms with E-state index < -0.39 is 0 Å². The van der Waals surface area contributed by atoms with Crippen LogP contribution in [-0.4, -0.2) is 14.9 Å². The highest BCUT2D eigenvalue weighted by molar-refractivity contribution is 7.18. The van der Waals surface area contributed by atoms with Crippen molar-refractivity contribution in [2.45, 2.75) is 0 Å². The quantitative estimate of drug-likeness (QED) is 0.204. The fourth-order valence-corrected chi connectivity index (χ4v) is 8.45. The molecule has 0 amide bonds. The van der Waals surface area contributed by atoms with E-state index in [2.05, 4.69) is 124 Å². The molecule has 3 nitrogen and oxygen atoms in total. The molecule has 0 aliphatic heterocycles. The van der Waals surface area contributed by atoms with Crippen LogP contribution in [-0.2, 0) is 0 Å². The van der Waals surface area contributed by atoms with Crippen LogP contribution in [0.2, 0.25) is 0 Å². The Bertz CT molecular complexity index is 2540. The van der Waals surface area contributed by atoms with E-state index in [4.69, 9.17) is 0 Å². The summed E-state index contributed by atoms with van der Waals surface area (Å²) in [7, 11) is 0. The summed E-state index contributed by atoms with van der Waals surface area (Å²) in [6, 6.07) is 47.1. The Balaban J connectivity index is 1.21. The summed E-state index contributed by atoms with van der Waals surface area (Å²) in [5, 5.41) is 5.98. The van der Waals surface area contributed by atoms with Crippen LogP contribution in [0.25, 0.3) is 75.9 Å². The molecule has 3 aromatic heterocycles. The topological polar surface area (TPSA) is 26.9 Å². The number of aromatic nitrogens is 2. The summed E-state index contributed by atoms with van der Waals surface area (Å²) in [6.45, 7) is 0. The van der Waals surface area contributed by atoms with Crippen LogP contribution in [0.3, 0.4) is 0 Å². The standard InChI is InChI=1S/C39H22N2OS/c42-38-31-22-36(43-39(31)30-20-23-10-2-1-3-11-25(23)37(30)38)41-34-17-9-6-14-28(34)29-21-24(18-19-35(29)41)40-32-15-7-4-12-26(32)27-13-5-8-16-33(27)40/h1-22H. The van der Waals surface area contributed by atoms with Crippen molar-refractivity contribution in [2.75, 3.05) is 0 Å². The molecule has 0 N–H and O–H groups in total. The van der Waals surface area contributed by atoms with Crippen molar-refractivity contribution in [1.82, 2.24) is 9.13 Å². The lowest BCUT2D eigenvalue weighted by atomic mass is 10.1. The molecule has 7 aromatic rings. The minimum atomic E-state index is 0.128. The van der Waals surface area contributed by atoms with Gasteiger partial charge in [0.2, 0.25) is 0 Å². The predicted molar refractivity (Wildman–Crippen MR) is 178 cm³/mol. The second kappa shape index (κ2) is 8.31. The highest BCUT2D eigenvalue weighted by Crippen LogP contribution is 2.50. The molecule has 0 fully saturated rings. The van der Waals surface area contributed by atoms with Gasteiger partial charge in [0.15, 0.2) is 5.78 Å². The zero-order chi connectivity index (χ0) is 28.2. The number of carbonyl (C=O) groups is 1. The summed E-state index contributed by atoms with van der Waals surface area (Å²) >= 11 is 1.71. The molecule has 3 aliphatic carbocycles. The first-order chi connectivity index (χ1) is 21.3. The number of benzene rings is 4. The van der Waals surface area contributed by atoms with Gasteiger partial charge in [0.1, 0.15) is 5.00 Å². The molecule has 0 atom stereocenters. The monoisotopic (exact) mass is 566 g/mol.